The first kappa shape index (κ1) is 25.2. The molecule has 0 aliphatic heterocycles. The molecular weight excluding hydrogens is 452 g/mol. The van der Waals surface area contributed by atoms with Crippen molar-refractivity contribution in [3.8, 4) is 22.3 Å². The van der Waals surface area contributed by atoms with Gasteiger partial charge in [0.05, 0.1) is 25.8 Å². The molecule has 0 saturated heterocycles. The fourth-order valence-corrected chi connectivity index (χ4v) is 4.83. The Morgan fingerprint density at radius 1 is 0.714 bits per heavy atom. The standard InChI is InChI=1S/C31H32O3S/c1-22(2)25-8-5-9-26(16-25)29-14-23(18-32)13-24(15-29)20-34-21-35-30-11-6-10-27(17-30)31-12-4-3-7-28(31)19-33/h3-17,22,32-33H,18-21H2,1-2H3. The molecule has 3 nitrogen and oxygen atoms in total. The minimum atomic E-state index is 0.00156. The summed E-state index contributed by atoms with van der Waals surface area (Å²) in [6.45, 7) is 4.89. The summed E-state index contributed by atoms with van der Waals surface area (Å²) >= 11 is 1.64. The second-order valence-electron chi connectivity index (χ2n) is 8.93. The number of aliphatic hydroxyl groups excluding tert-OH is 2. The zero-order valence-corrected chi connectivity index (χ0v) is 21.1. The Labute approximate surface area is 212 Å². The molecule has 4 rings (SSSR count). The SMILES string of the molecule is CC(C)c1cccc(-c2cc(CO)cc(COCSc3cccc(-c4ccccc4CO)c3)c2)c1. The van der Waals surface area contributed by atoms with Crippen LogP contribution in [0, 0.1) is 0 Å². The molecule has 4 aromatic carbocycles. The second kappa shape index (κ2) is 12.2. The van der Waals surface area contributed by atoms with Gasteiger partial charge in [0.15, 0.2) is 0 Å². The normalized spacial score (nSPS) is 11.2. The maximum atomic E-state index is 9.79. The van der Waals surface area contributed by atoms with E-state index < -0.39 is 0 Å². The highest BCUT2D eigenvalue weighted by Gasteiger charge is 2.08. The van der Waals surface area contributed by atoms with Crippen LogP contribution in [0.4, 0.5) is 0 Å². The molecule has 0 unspecified atom stereocenters. The van der Waals surface area contributed by atoms with Gasteiger partial charge < -0.3 is 14.9 Å². The number of benzene rings is 4. The minimum Gasteiger partial charge on any atom is -0.392 e. The first-order valence-electron chi connectivity index (χ1n) is 11.9. The fourth-order valence-electron chi connectivity index (χ4n) is 4.14. The van der Waals surface area contributed by atoms with Crippen LogP contribution in [0.2, 0.25) is 0 Å². The van der Waals surface area contributed by atoms with Crippen LogP contribution in [-0.4, -0.2) is 16.2 Å². The van der Waals surface area contributed by atoms with E-state index in [1.807, 2.05) is 42.5 Å². The van der Waals surface area contributed by atoms with E-state index in [9.17, 15) is 10.2 Å². The summed E-state index contributed by atoms with van der Waals surface area (Å²) in [4.78, 5) is 1.12. The van der Waals surface area contributed by atoms with Crippen molar-refractivity contribution in [2.24, 2.45) is 0 Å². The summed E-state index contributed by atoms with van der Waals surface area (Å²) in [5, 5.41) is 19.5. The Bertz CT molecular complexity index is 1270. The third-order valence-corrected chi connectivity index (χ3v) is 6.90. The van der Waals surface area contributed by atoms with Gasteiger partial charge in [-0.25, -0.2) is 0 Å². The Morgan fingerprint density at radius 3 is 2.29 bits per heavy atom. The molecule has 180 valence electrons. The van der Waals surface area contributed by atoms with E-state index in [1.165, 1.54) is 5.56 Å². The lowest BCUT2D eigenvalue weighted by Crippen LogP contribution is -1.96. The summed E-state index contributed by atoms with van der Waals surface area (Å²) in [7, 11) is 0. The van der Waals surface area contributed by atoms with Crippen LogP contribution in [0.25, 0.3) is 22.3 Å². The van der Waals surface area contributed by atoms with Crippen molar-refractivity contribution in [2.45, 2.75) is 44.5 Å². The van der Waals surface area contributed by atoms with Crippen LogP contribution in [-0.2, 0) is 24.6 Å². The number of hydrogen-bond donors (Lipinski definition) is 2. The lowest BCUT2D eigenvalue weighted by atomic mass is 9.95. The van der Waals surface area contributed by atoms with E-state index in [0.29, 0.717) is 18.5 Å². The van der Waals surface area contributed by atoms with Crippen molar-refractivity contribution in [3.05, 3.63) is 113 Å². The summed E-state index contributed by atoms with van der Waals surface area (Å²) in [6, 6.07) is 31.0. The van der Waals surface area contributed by atoms with Crippen molar-refractivity contribution in [1.82, 2.24) is 0 Å². The van der Waals surface area contributed by atoms with Gasteiger partial charge in [0.25, 0.3) is 0 Å². The molecule has 0 heterocycles. The molecule has 2 N–H and O–H groups in total. The molecule has 0 aliphatic carbocycles. The lowest BCUT2D eigenvalue weighted by molar-refractivity contribution is 0.169. The summed E-state index contributed by atoms with van der Waals surface area (Å²) < 4.78 is 6.01. The molecule has 0 saturated carbocycles. The predicted molar refractivity (Wildman–Crippen MR) is 145 cm³/mol. The summed E-state index contributed by atoms with van der Waals surface area (Å²) in [5.41, 5.74) is 8.55. The van der Waals surface area contributed by atoms with Gasteiger partial charge in [-0.1, -0.05) is 92.3 Å². The van der Waals surface area contributed by atoms with Gasteiger partial charge >= 0.3 is 0 Å². The molecule has 0 radical (unpaired) electrons. The number of ether oxygens (including phenoxy) is 1. The highest BCUT2D eigenvalue weighted by Crippen LogP contribution is 2.29. The number of thioether (sulfide) groups is 1. The molecule has 0 bridgehead atoms. The molecule has 35 heavy (non-hydrogen) atoms. The van der Waals surface area contributed by atoms with E-state index in [1.54, 1.807) is 11.8 Å². The van der Waals surface area contributed by atoms with Crippen molar-refractivity contribution in [3.63, 3.8) is 0 Å². The third kappa shape index (κ3) is 6.62. The summed E-state index contributed by atoms with van der Waals surface area (Å²) in [6.07, 6.45) is 0. The maximum absolute atomic E-state index is 9.79. The molecule has 0 fully saturated rings. The minimum absolute atomic E-state index is 0.00156. The van der Waals surface area contributed by atoms with Crippen molar-refractivity contribution >= 4 is 11.8 Å². The van der Waals surface area contributed by atoms with Crippen molar-refractivity contribution in [2.75, 3.05) is 5.94 Å². The zero-order valence-electron chi connectivity index (χ0n) is 20.3. The van der Waals surface area contributed by atoms with Crippen LogP contribution in [0.3, 0.4) is 0 Å². The molecule has 0 aliphatic rings. The van der Waals surface area contributed by atoms with Crippen LogP contribution < -0.4 is 0 Å². The molecule has 0 amide bonds. The monoisotopic (exact) mass is 484 g/mol. The topological polar surface area (TPSA) is 49.7 Å². The highest BCUT2D eigenvalue weighted by molar-refractivity contribution is 7.99. The van der Waals surface area contributed by atoms with Gasteiger partial charge in [0, 0.05) is 4.90 Å². The number of rotatable bonds is 10. The molecule has 0 spiro atoms. The van der Waals surface area contributed by atoms with E-state index >= 15 is 0 Å². The van der Waals surface area contributed by atoms with Gasteiger partial charge in [0.1, 0.15) is 0 Å². The first-order valence-corrected chi connectivity index (χ1v) is 12.9. The molecule has 0 aromatic heterocycles. The smallest absolute Gasteiger partial charge is 0.0971 e. The van der Waals surface area contributed by atoms with Crippen LogP contribution in [0.15, 0.2) is 95.9 Å². The predicted octanol–water partition coefficient (Wildman–Crippen LogP) is 7.40. The van der Waals surface area contributed by atoms with Gasteiger partial charge in [-0.3, -0.25) is 0 Å². The number of hydrogen-bond acceptors (Lipinski definition) is 4. The maximum Gasteiger partial charge on any atom is 0.0971 e. The van der Waals surface area contributed by atoms with Crippen molar-refractivity contribution < 1.29 is 14.9 Å². The Balaban J connectivity index is 1.42. The van der Waals surface area contributed by atoms with E-state index in [2.05, 4.69) is 62.4 Å². The lowest BCUT2D eigenvalue weighted by Gasteiger charge is -2.12. The van der Waals surface area contributed by atoms with Crippen LogP contribution >= 0.6 is 11.8 Å². The van der Waals surface area contributed by atoms with Gasteiger partial charge in [0.2, 0.25) is 0 Å². The van der Waals surface area contributed by atoms with E-state index in [-0.39, 0.29) is 13.2 Å². The summed E-state index contributed by atoms with van der Waals surface area (Å²) in [5.74, 6) is 0.985. The molecule has 4 aromatic rings. The quantitative estimate of drug-likeness (QED) is 0.140. The molecular formula is C31H32O3S. The average molecular weight is 485 g/mol. The highest BCUT2D eigenvalue weighted by atomic mass is 32.2. The van der Waals surface area contributed by atoms with Crippen molar-refractivity contribution in [1.29, 1.82) is 0 Å². The first-order chi connectivity index (χ1) is 17.1. The third-order valence-electron chi connectivity index (χ3n) is 6.03. The van der Waals surface area contributed by atoms with E-state index in [0.717, 1.165) is 43.8 Å². The fraction of sp³-hybridized carbons (Fsp3) is 0.226. The number of aliphatic hydroxyl groups is 2. The Hall–Kier alpha value is -2.89. The van der Waals surface area contributed by atoms with E-state index in [4.69, 9.17) is 4.74 Å². The van der Waals surface area contributed by atoms with Gasteiger partial charge in [-0.2, -0.15) is 0 Å². The second-order valence-corrected chi connectivity index (χ2v) is 9.93. The van der Waals surface area contributed by atoms with Crippen LogP contribution in [0.5, 0.6) is 0 Å². The van der Waals surface area contributed by atoms with Gasteiger partial charge in [-0.15, -0.1) is 0 Å². The Kier molecular flexibility index (Phi) is 8.78. The van der Waals surface area contributed by atoms with Crippen LogP contribution in [0.1, 0.15) is 42.0 Å². The molecule has 4 heteroatoms. The average Bonchev–Trinajstić information content (AvgIpc) is 2.91. The Morgan fingerprint density at radius 2 is 1.49 bits per heavy atom. The zero-order chi connectivity index (χ0) is 24.6. The largest absolute Gasteiger partial charge is 0.392 e. The van der Waals surface area contributed by atoms with Gasteiger partial charge in [-0.05, 0) is 74.7 Å². The molecule has 0 atom stereocenters.